The summed E-state index contributed by atoms with van der Waals surface area (Å²) >= 11 is 0. The lowest BCUT2D eigenvalue weighted by molar-refractivity contribution is -0.127. The van der Waals surface area contributed by atoms with Gasteiger partial charge in [-0.05, 0) is 75.6 Å². The zero-order valence-corrected chi connectivity index (χ0v) is 19.3. The highest BCUT2D eigenvalue weighted by molar-refractivity contribution is 6.13. The molecule has 2 aliphatic rings. The van der Waals surface area contributed by atoms with E-state index in [2.05, 4.69) is 12.2 Å². The lowest BCUT2D eigenvalue weighted by Crippen LogP contribution is -2.65. The monoisotopic (exact) mass is 433 g/mol. The van der Waals surface area contributed by atoms with Crippen LogP contribution in [0.15, 0.2) is 41.0 Å². The van der Waals surface area contributed by atoms with Crippen LogP contribution in [-0.2, 0) is 11.3 Å². The first kappa shape index (κ1) is 20.9. The van der Waals surface area contributed by atoms with Crippen LogP contribution in [-0.4, -0.2) is 28.0 Å². The normalized spacial score (nSPS) is 25.8. The van der Waals surface area contributed by atoms with E-state index >= 15 is 0 Å². The summed E-state index contributed by atoms with van der Waals surface area (Å²) in [6.45, 7) is 8.61. The fourth-order valence-electron chi connectivity index (χ4n) is 5.23. The highest BCUT2D eigenvalue weighted by Crippen LogP contribution is 2.37. The Labute approximate surface area is 188 Å². The first-order valence-corrected chi connectivity index (χ1v) is 11.6. The van der Waals surface area contributed by atoms with Gasteiger partial charge in [-0.3, -0.25) is 14.5 Å². The maximum absolute atomic E-state index is 13.8. The molecule has 168 valence electrons. The first-order valence-electron chi connectivity index (χ1n) is 11.6. The summed E-state index contributed by atoms with van der Waals surface area (Å²) in [5, 5.41) is 3.29. The van der Waals surface area contributed by atoms with Gasteiger partial charge in [0.05, 0.1) is 18.3 Å². The van der Waals surface area contributed by atoms with Crippen LogP contribution in [0.25, 0.3) is 11.1 Å². The number of benzene rings is 1. The van der Waals surface area contributed by atoms with Crippen LogP contribution in [0, 0.1) is 19.8 Å². The van der Waals surface area contributed by atoms with Gasteiger partial charge in [0.1, 0.15) is 11.2 Å². The van der Waals surface area contributed by atoms with E-state index in [4.69, 9.17) is 4.42 Å². The van der Waals surface area contributed by atoms with Crippen molar-refractivity contribution in [1.29, 1.82) is 0 Å². The molecule has 1 saturated carbocycles. The van der Waals surface area contributed by atoms with Crippen LogP contribution >= 0.6 is 0 Å². The number of nitrogens with one attached hydrogen (secondary N) is 1. The van der Waals surface area contributed by atoms with Gasteiger partial charge < -0.3 is 14.3 Å². The van der Waals surface area contributed by atoms with E-state index < -0.39 is 5.54 Å². The third-order valence-electron chi connectivity index (χ3n) is 7.49. The molecule has 1 fully saturated rings. The smallest absolute Gasteiger partial charge is 0.276 e. The highest BCUT2D eigenvalue weighted by atomic mass is 16.3. The summed E-state index contributed by atoms with van der Waals surface area (Å²) in [5.41, 5.74) is 4.00. The number of amides is 2. The van der Waals surface area contributed by atoms with Crippen LogP contribution in [0.2, 0.25) is 0 Å². The Morgan fingerprint density at radius 1 is 1.09 bits per heavy atom. The summed E-state index contributed by atoms with van der Waals surface area (Å²) in [7, 11) is 0. The number of nitrogens with zero attached hydrogens (tertiary/aromatic N) is 2. The molecule has 1 aliphatic heterocycles. The molecule has 3 heterocycles. The molecule has 1 aromatic carbocycles. The van der Waals surface area contributed by atoms with Gasteiger partial charge in [0.25, 0.3) is 5.91 Å². The average molecular weight is 434 g/mol. The number of hydrogen-bond donors (Lipinski definition) is 1. The molecule has 1 unspecified atom stereocenters. The quantitative estimate of drug-likeness (QED) is 0.634. The number of carbonyl (C=O) groups is 2. The van der Waals surface area contributed by atoms with Gasteiger partial charge in [-0.1, -0.05) is 13.0 Å². The highest BCUT2D eigenvalue weighted by Gasteiger charge is 2.49. The van der Waals surface area contributed by atoms with E-state index in [0.29, 0.717) is 23.7 Å². The Hall–Kier alpha value is -3.02. The molecule has 1 N–H and O–H groups in total. The van der Waals surface area contributed by atoms with Crippen molar-refractivity contribution in [2.24, 2.45) is 5.92 Å². The van der Waals surface area contributed by atoms with Gasteiger partial charge in [0.15, 0.2) is 5.58 Å². The summed E-state index contributed by atoms with van der Waals surface area (Å²) in [5.74, 6) is 0.430. The number of rotatable bonds is 3. The maximum atomic E-state index is 13.8. The van der Waals surface area contributed by atoms with Crippen LogP contribution in [0.1, 0.15) is 61.1 Å². The fraction of sp³-hybridized carbons (Fsp3) is 0.462. The molecule has 0 saturated heterocycles. The van der Waals surface area contributed by atoms with Gasteiger partial charge in [0, 0.05) is 23.9 Å². The van der Waals surface area contributed by atoms with Crippen molar-refractivity contribution < 1.29 is 14.0 Å². The predicted octanol–water partition coefficient (Wildman–Crippen LogP) is 4.97. The molecule has 5 rings (SSSR count). The molecule has 1 aliphatic carbocycles. The molecule has 32 heavy (non-hydrogen) atoms. The van der Waals surface area contributed by atoms with Crippen molar-refractivity contribution in [2.75, 3.05) is 4.90 Å². The van der Waals surface area contributed by atoms with Crippen molar-refractivity contribution in [2.45, 2.75) is 71.5 Å². The van der Waals surface area contributed by atoms with Crippen molar-refractivity contribution in [3.63, 3.8) is 0 Å². The van der Waals surface area contributed by atoms with Crippen LogP contribution in [0.4, 0.5) is 5.69 Å². The second-order valence-corrected chi connectivity index (χ2v) is 9.90. The van der Waals surface area contributed by atoms with E-state index in [0.717, 1.165) is 48.0 Å². The van der Waals surface area contributed by atoms with Crippen LogP contribution < -0.4 is 10.2 Å². The average Bonchev–Trinajstić information content (AvgIpc) is 3.35. The number of aromatic nitrogens is 1. The van der Waals surface area contributed by atoms with E-state index in [1.807, 2.05) is 49.6 Å². The van der Waals surface area contributed by atoms with Gasteiger partial charge in [-0.25, -0.2) is 0 Å². The number of anilines is 1. The summed E-state index contributed by atoms with van der Waals surface area (Å²) in [6.07, 6.45) is 5.85. The van der Waals surface area contributed by atoms with E-state index in [1.54, 1.807) is 17.2 Å². The zero-order valence-electron chi connectivity index (χ0n) is 19.3. The largest absolute Gasteiger partial charge is 0.463 e. The Morgan fingerprint density at radius 2 is 1.84 bits per heavy atom. The molecule has 0 bridgehead atoms. The summed E-state index contributed by atoms with van der Waals surface area (Å²) in [4.78, 5) is 29.3. The Morgan fingerprint density at radius 3 is 2.56 bits per heavy atom. The molecule has 2 aromatic heterocycles. The van der Waals surface area contributed by atoms with E-state index in [1.165, 1.54) is 0 Å². The minimum atomic E-state index is -1.06. The van der Waals surface area contributed by atoms with Crippen LogP contribution in [0.5, 0.6) is 0 Å². The van der Waals surface area contributed by atoms with Gasteiger partial charge >= 0.3 is 0 Å². The molecular formula is C26H31N3O3. The summed E-state index contributed by atoms with van der Waals surface area (Å²) in [6, 6.07) is 9.76. The molecule has 3 aromatic rings. The molecule has 6 nitrogen and oxygen atoms in total. The first-order chi connectivity index (χ1) is 15.3. The zero-order chi connectivity index (χ0) is 22.6. The van der Waals surface area contributed by atoms with Crippen LogP contribution in [0.3, 0.4) is 0 Å². The number of carbonyl (C=O) groups excluding carboxylic acids is 2. The van der Waals surface area contributed by atoms with Crippen molar-refractivity contribution in [3.05, 3.63) is 53.4 Å². The maximum Gasteiger partial charge on any atom is 0.276 e. The second kappa shape index (κ2) is 7.54. The number of hydrogen-bond acceptors (Lipinski definition) is 3. The lowest BCUT2D eigenvalue weighted by atomic mass is 9.86. The Kier molecular flexibility index (Phi) is 4.91. The van der Waals surface area contributed by atoms with Crippen molar-refractivity contribution >= 4 is 28.6 Å². The molecule has 0 spiro atoms. The number of furan rings is 1. The Bertz CT molecular complexity index is 1200. The van der Waals surface area contributed by atoms with E-state index in [-0.39, 0.29) is 17.9 Å². The van der Waals surface area contributed by atoms with E-state index in [9.17, 15) is 9.59 Å². The van der Waals surface area contributed by atoms with Gasteiger partial charge in [-0.2, -0.15) is 0 Å². The topological polar surface area (TPSA) is 67.5 Å². The predicted molar refractivity (Wildman–Crippen MR) is 125 cm³/mol. The fourth-order valence-corrected chi connectivity index (χ4v) is 5.23. The molecule has 1 atom stereocenters. The Balaban J connectivity index is 1.57. The second-order valence-electron chi connectivity index (χ2n) is 9.90. The molecule has 0 radical (unpaired) electrons. The molecular weight excluding hydrogens is 402 g/mol. The summed E-state index contributed by atoms with van der Waals surface area (Å²) < 4.78 is 7.49. The number of fused-ring (bicyclic) bond motifs is 3. The third-order valence-corrected chi connectivity index (χ3v) is 7.49. The molecule has 6 heteroatoms. The standard InChI is InChI=1S/C26H31N3O3/c1-16-5-8-19(9-6-16)27-25(31)26(4)15-28-21-11-12-32-23(21)14-22(28)24(30)29(26)20-10-7-17(2)18(3)13-20/h7,10-14,16,19H,5-6,8-9,15H2,1-4H3,(H,27,31). The lowest BCUT2D eigenvalue weighted by Gasteiger charge is -2.45. The molecule has 2 amide bonds. The van der Waals surface area contributed by atoms with Gasteiger partial charge in [-0.15, -0.1) is 0 Å². The minimum Gasteiger partial charge on any atom is -0.463 e. The third kappa shape index (κ3) is 3.24. The van der Waals surface area contributed by atoms with Gasteiger partial charge in [0.2, 0.25) is 5.91 Å². The SMILES string of the molecule is Cc1ccc(N2C(=O)c3cc4occc4n3CC2(C)C(=O)NC2CCC(C)CC2)cc1C. The van der Waals surface area contributed by atoms with Crippen molar-refractivity contribution in [3.8, 4) is 0 Å². The minimum absolute atomic E-state index is 0.0976. The van der Waals surface area contributed by atoms with Crippen molar-refractivity contribution in [1.82, 2.24) is 9.88 Å². The number of aryl methyl sites for hydroxylation is 2.